The molecule has 2 rings (SSSR count). The molecule has 0 bridgehead atoms. The van der Waals surface area contributed by atoms with Gasteiger partial charge in [-0.1, -0.05) is 42.0 Å². The van der Waals surface area contributed by atoms with Crippen molar-refractivity contribution in [1.82, 2.24) is 0 Å². The van der Waals surface area contributed by atoms with E-state index in [0.717, 1.165) is 19.3 Å². The molecule has 4 N–H and O–H groups in total. The van der Waals surface area contributed by atoms with E-state index in [1.165, 1.54) is 6.42 Å². The third-order valence-corrected chi connectivity index (χ3v) is 5.57. The first-order chi connectivity index (χ1) is 8.10. The molecule has 0 aromatic carbocycles. The lowest BCUT2D eigenvalue weighted by atomic mass is 9.82. The standard InChI is InChI=1S/C8H16O.C7H15NO.CH4/c1-6-4-5-7(9)8(6,2)3;1-7(2)5(8)3-4-6(7)9;/h6-7,9H,4-5H2,1-3H3;5-6,9H,3-4,8H2,1-2H3;1H4/t6-,7-;5-,6-;/m11./s1. The van der Waals surface area contributed by atoms with E-state index >= 15 is 0 Å². The van der Waals surface area contributed by atoms with Gasteiger partial charge in [0, 0.05) is 11.5 Å². The minimum Gasteiger partial charge on any atom is -0.393 e. The summed E-state index contributed by atoms with van der Waals surface area (Å²) in [5.41, 5.74) is 5.85. The molecule has 0 heterocycles. The molecule has 2 aliphatic carbocycles. The van der Waals surface area contributed by atoms with E-state index in [9.17, 15) is 10.2 Å². The van der Waals surface area contributed by atoms with Gasteiger partial charge in [-0.05, 0) is 37.0 Å². The molecule has 0 aromatic heterocycles. The second-order valence-corrected chi connectivity index (χ2v) is 7.34. The fourth-order valence-corrected chi connectivity index (χ4v) is 2.81. The monoisotopic (exact) mass is 273 g/mol. The molecule has 0 unspecified atom stereocenters. The number of rotatable bonds is 0. The molecular formula is C16H35NO2. The summed E-state index contributed by atoms with van der Waals surface area (Å²) in [6.07, 6.45) is 3.77. The first kappa shape index (κ1) is 18.9. The van der Waals surface area contributed by atoms with E-state index in [4.69, 9.17) is 5.73 Å². The fraction of sp³-hybridized carbons (Fsp3) is 1.00. The summed E-state index contributed by atoms with van der Waals surface area (Å²) in [5.74, 6) is 0.687. The summed E-state index contributed by atoms with van der Waals surface area (Å²) >= 11 is 0. The van der Waals surface area contributed by atoms with Crippen LogP contribution in [-0.4, -0.2) is 28.5 Å². The minimum absolute atomic E-state index is 0. The third kappa shape index (κ3) is 3.93. The highest BCUT2D eigenvalue weighted by molar-refractivity contribution is 4.94. The Bertz CT molecular complexity index is 224. The lowest BCUT2D eigenvalue weighted by Crippen LogP contribution is -2.38. The molecule has 2 aliphatic rings. The zero-order valence-corrected chi connectivity index (χ0v) is 12.6. The number of aliphatic hydroxyl groups excluding tert-OH is 2. The smallest absolute Gasteiger partial charge is 0.0606 e. The Kier molecular flexibility index (Phi) is 6.51. The molecule has 116 valence electrons. The van der Waals surface area contributed by atoms with E-state index in [-0.39, 0.29) is 36.5 Å². The number of aliphatic hydroxyl groups is 2. The summed E-state index contributed by atoms with van der Waals surface area (Å²) < 4.78 is 0. The average molecular weight is 273 g/mol. The van der Waals surface area contributed by atoms with Crippen molar-refractivity contribution >= 4 is 0 Å². The Hall–Kier alpha value is -0.120. The van der Waals surface area contributed by atoms with Gasteiger partial charge >= 0.3 is 0 Å². The first-order valence-corrected chi connectivity index (χ1v) is 7.21. The Balaban J connectivity index is 0.000000324. The van der Waals surface area contributed by atoms with Crippen molar-refractivity contribution in [3.05, 3.63) is 0 Å². The molecular weight excluding hydrogens is 238 g/mol. The minimum atomic E-state index is -0.188. The molecule has 4 atom stereocenters. The summed E-state index contributed by atoms with van der Waals surface area (Å²) in [6, 6.07) is 0.187. The van der Waals surface area contributed by atoms with Crippen LogP contribution in [0.3, 0.4) is 0 Å². The van der Waals surface area contributed by atoms with Crippen LogP contribution in [0.2, 0.25) is 0 Å². The van der Waals surface area contributed by atoms with Crippen LogP contribution in [0.4, 0.5) is 0 Å². The maximum atomic E-state index is 9.43. The van der Waals surface area contributed by atoms with E-state index in [1.54, 1.807) is 0 Å². The molecule has 0 aromatic rings. The maximum Gasteiger partial charge on any atom is 0.0606 e. The highest BCUT2D eigenvalue weighted by Gasteiger charge is 2.40. The number of nitrogens with two attached hydrogens (primary N) is 1. The predicted molar refractivity (Wildman–Crippen MR) is 81.9 cm³/mol. The molecule has 0 aliphatic heterocycles. The molecule has 0 saturated heterocycles. The van der Waals surface area contributed by atoms with Crippen LogP contribution in [0, 0.1) is 16.7 Å². The van der Waals surface area contributed by atoms with Crippen molar-refractivity contribution in [1.29, 1.82) is 0 Å². The van der Waals surface area contributed by atoms with Gasteiger partial charge in [0.05, 0.1) is 12.2 Å². The zero-order chi connectivity index (χ0) is 14.1. The van der Waals surface area contributed by atoms with E-state index in [2.05, 4.69) is 20.8 Å². The highest BCUT2D eigenvalue weighted by atomic mass is 16.3. The second kappa shape index (κ2) is 6.55. The van der Waals surface area contributed by atoms with Crippen LogP contribution < -0.4 is 5.73 Å². The predicted octanol–water partition coefficient (Wildman–Crippen LogP) is 2.93. The maximum absolute atomic E-state index is 9.43. The summed E-state index contributed by atoms with van der Waals surface area (Å²) in [7, 11) is 0. The van der Waals surface area contributed by atoms with Gasteiger partial charge < -0.3 is 15.9 Å². The molecule has 0 amide bonds. The van der Waals surface area contributed by atoms with Crippen LogP contribution in [0.5, 0.6) is 0 Å². The van der Waals surface area contributed by atoms with Gasteiger partial charge in [-0.3, -0.25) is 0 Å². The van der Waals surface area contributed by atoms with Gasteiger partial charge in [-0.25, -0.2) is 0 Å². The Labute approximate surface area is 119 Å². The van der Waals surface area contributed by atoms with Crippen LogP contribution >= 0.6 is 0 Å². The van der Waals surface area contributed by atoms with Crippen LogP contribution in [0.25, 0.3) is 0 Å². The topological polar surface area (TPSA) is 66.5 Å². The van der Waals surface area contributed by atoms with Crippen molar-refractivity contribution in [2.45, 2.75) is 86.0 Å². The summed E-state index contributed by atoms with van der Waals surface area (Å²) in [5, 5.41) is 18.8. The molecule has 0 radical (unpaired) electrons. The van der Waals surface area contributed by atoms with Crippen molar-refractivity contribution in [3.63, 3.8) is 0 Å². The first-order valence-electron chi connectivity index (χ1n) is 7.21. The van der Waals surface area contributed by atoms with Gasteiger partial charge in [0.2, 0.25) is 0 Å². The van der Waals surface area contributed by atoms with Crippen molar-refractivity contribution in [2.75, 3.05) is 0 Å². The lowest BCUT2D eigenvalue weighted by Gasteiger charge is -2.27. The van der Waals surface area contributed by atoms with E-state index in [0.29, 0.717) is 5.92 Å². The van der Waals surface area contributed by atoms with Gasteiger partial charge in [-0.15, -0.1) is 0 Å². The normalized spacial score (nSPS) is 39.2. The zero-order valence-electron chi connectivity index (χ0n) is 12.6. The Morgan fingerprint density at radius 2 is 1.26 bits per heavy atom. The molecule has 2 saturated carbocycles. The van der Waals surface area contributed by atoms with E-state index in [1.807, 2.05) is 13.8 Å². The Morgan fingerprint density at radius 3 is 1.37 bits per heavy atom. The van der Waals surface area contributed by atoms with Crippen molar-refractivity contribution in [2.24, 2.45) is 22.5 Å². The SMILES string of the molecule is C.CC1(C)[C@H](N)CC[C@H]1O.C[C@@H]1CC[C@@H](O)C1(C)C. The third-order valence-electron chi connectivity index (χ3n) is 5.57. The van der Waals surface area contributed by atoms with Crippen molar-refractivity contribution in [3.8, 4) is 0 Å². The van der Waals surface area contributed by atoms with Crippen LogP contribution in [0.1, 0.15) is 67.7 Å². The number of hydrogen-bond acceptors (Lipinski definition) is 3. The van der Waals surface area contributed by atoms with Gasteiger partial charge in [0.1, 0.15) is 0 Å². The van der Waals surface area contributed by atoms with Gasteiger partial charge in [0.25, 0.3) is 0 Å². The quantitative estimate of drug-likeness (QED) is 0.636. The van der Waals surface area contributed by atoms with E-state index < -0.39 is 0 Å². The van der Waals surface area contributed by atoms with Crippen molar-refractivity contribution < 1.29 is 10.2 Å². The molecule has 0 spiro atoms. The molecule has 19 heavy (non-hydrogen) atoms. The van der Waals surface area contributed by atoms with Gasteiger partial charge in [-0.2, -0.15) is 0 Å². The summed E-state index contributed by atoms with van der Waals surface area (Å²) in [6.45, 7) is 10.6. The van der Waals surface area contributed by atoms with Gasteiger partial charge in [0.15, 0.2) is 0 Å². The highest BCUT2D eigenvalue weighted by Crippen LogP contribution is 2.42. The second-order valence-electron chi connectivity index (χ2n) is 7.34. The lowest BCUT2D eigenvalue weighted by molar-refractivity contribution is 0.0589. The van der Waals surface area contributed by atoms with Crippen LogP contribution in [-0.2, 0) is 0 Å². The largest absolute Gasteiger partial charge is 0.393 e. The number of hydrogen-bond donors (Lipinski definition) is 3. The summed E-state index contributed by atoms with van der Waals surface area (Å²) in [4.78, 5) is 0. The van der Waals surface area contributed by atoms with Crippen LogP contribution in [0.15, 0.2) is 0 Å². The molecule has 3 heteroatoms. The molecule has 2 fully saturated rings. The Morgan fingerprint density at radius 1 is 0.842 bits per heavy atom. The average Bonchev–Trinajstić information content (AvgIpc) is 2.65. The fourth-order valence-electron chi connectivity index (χ4n) is 2.81. The molecule has 3 nitrogen and oxygen atoms in total.